The Balaban J connectivity index is 1.80. The molecule has 5 rings (SSSR count). The van der Waals surface area contributed by atoms with Gasteiger partial charge in [0.05, 0.1) is 18.2 Å². The molecule has 0 atom stereocenters. The van der Waals surface area contributed by atoms with Crippen molar-refractivity contribution in [2.24, 2.45) is 0 Å². The van der Waals surface area contributed by atoms with Gasteiger partial charge in [0.15, 0.2) is 17.3 Å². The number of anilines is 1. The Labute approximate surface area is 209 Å². The summed E-state index contributed by atoms with van der Waals surface area (Å²) in [4.78, 5) is 13.5. The first-order valence-corrected chi connectivity index (χ1v) is 12.3. The maximum absolute atomic E-state index is 12.7. The lowest BCUT2D eigenvalue weighted by Crippen LogP contribution is -2.32. The van der Waals surface area contributed by atoms with Gasteiger partial charge in [0.1, 0.15) is 11.5 Å². The highest BCUT2D eigenvalue weighted by Gasteiger charge is 2.33. The first-order valence-electron chi connectivity index (χ1n) is 11.4. The second kappa shape index (κ2) is 8.47. The van der Waals surface area contributed by atoms with E-state index in [0.29, 0.717) is 28.4 Å². The van der Waals surface area contributed by atoms with Gasteiger partial charge in [-0.15, -0.1) is 17.9 Å². The molecule has 0 fully saturated rings. The molecule has 1 aromatic heterocycles. The van der Waals surface area contributed by atoms with E-state index in [-0.39, 0.29) is 23.5 Å². The number of phenolic OH excluding ortho intramolecular Hbond substituents is 1. The van der Waals surface area contributed by atoms with Crippen molar-refractivity contribution in [2.45, 2.75) is 32.7 Å². The molecular formula is C29H27NO4S. The highest BCUT2D eigenvalue weighted by molar-refractivity contribution is 7.11. The molecule has 2 aliphatic rings. The summed E-state index contributed by atoms with van der Waals surface area (Å²) in [6.45, 7) is 10.1. The van der Waals surface area contributed by atoms with Crippen molar-refractivity contribution in [3.63, 3.8) is 0 Å². The first-order chi connectivity index (χ1) is 16.7. The third-order valence-electron chi connectivity index (χ3n) is 6.26. The van der Waals surface area contributed by atoms with Gasteiger partial charge in [0.2, 0.25) is 0 Å². The molecule has 2 aliphatic heterocycles. The Morgan fingerprint density at radius 2 is 2.00 bits per heavy atom. The van der Waals surface area contributed by atoms with Crippen LogP contribution in [0.5, 0.6) is 17.2 Å². The normalized spacial score (nSPS) is 16.2. The highest BCUT2D eigenvalue weighted by Crippen LogP contribution is 2.54. The molecule has 2 N–H and O–H groups in total. The Kier molecular flexibility index (Phi) is 5.56. The van der Waals surface area contributed by atoms with Gasteiger partial charge in [-0.1, -0.05) is 18.2 Å². The van der Waals surface area contributed by atoms with Crippen LogP contribution in [0, 0.1) is 0 Å². The zero-order valence-corrected chi connectivity index (χ0v) is 21.0. The molecule has 0 radical (unpaired) electrons. The molecule has 3 aromatic rings. The third kappa shape index (κ3) is 3.84. The summed E-state index contributed by atoms with van der Waals surface area (Å²) in [6, 6.07) is 9.25. The van der Waals surface area contributed by atoms with Gasteiger partial charge in [0.25, 0.3) is 0 Å². The van der Waals surface area contributed by atoms with Crippen molar-refractivity contribution in [3.8, 4) is 28.4 Å². The molecule has 3 heterocycles. The number of carbonyl (C=O) groups is 1. The molecule has 5 nitrogen and oxygen atoms in total. The van der Waals surface area contributed by atoms with Gasteiger partial charge >= 0.3 is 0 Å². The van der Waals surface area contributed by atoms with Gasteiger partial charge in [-0.25, -0.2) is 0 Å². The van der Waals surface area contributed by atoms with Crippen LogP contribution in [0.4, 0.5) is 5.69 Å². The number of carbonyl (C=O) groups excluding carboxylic acids is 1. The molecule has 0 spiro atoms. The molecule has 0 saturated carbocycles. The minimum atomic E-state index is -0.198. The summed E-state index contributed by atoms with van der Waals surface area (Å²) >= 11 is 1.49. The Morgan fingerprint density at radius 1 is 1.20 bits per heavy atom. The van der Waals surface area contributed by atoms with E-state index in [1.54, 1.807) is 18.2 Å². The Bertz CT molecular complexity index is 1440. The zero-order valence-electron chi connectivity index (χ0n) is 20.2. The van der Waals surface area contributed by atoms with Gasteiger partial charge < -0.3 is 19.9 Å². The molecule has 2 aromatic carbocycles. The number of aromatic hydroxyl groups is 1. The minimum absolute atomic E-state index is 0.0192. The van der Waals surface area contributed by atoms with Gasteiger partial charge in [-0.3, -0.25) is 4.79 Å². The number of phenols is 1. The maximum Gasteiger partial charge on any atom is 0.172 e. The van der Waals surface area contributed by atoms with Crippen LogP contribution in [-0.2, 0) is 0 Å². The molecule has 0 bridgehead atoms. The summed E-state index contributed by atoms with van der Waals surface area (Å²) in [5, 5.41) is 16.0. The van der Waals surface area contributed by atoms with Crippen LogP contribution in [0.25, 0.3) is 28.5 Å². The topological polar surface area (TPSA) is 67.8 Å². The number of Topliss-reactive ketones (excluding diaryl/α,β-unsaturated/α-hetero) is 1. The SMILES string of the molecule is C=CCC(=O)c1ccsc1/C=C1\Oc2ccc(O)c(OC)c2-c2ccc3c(c21)C(C)=CC(C)(C)N3. The molecule has 6 heteroatoms. The lowest BCUT2D eigenvalue weighted by atomic mass is 9.83. The number of hydrogen-bond acceptors (Lipinski definition) is 6. The number of hydrogen-bond donors (Lipinski definition) is 2. The van der Waals surface area contributed by atoms with E-state index < -0.39 is 0 Å². The van der Waals surface area contributed by atoms with E-state index in [2.05, 4.69) is 44.8 Å². The number of ketones is 1. The average molecular weight is 486 g/mol. The maximum atomic E-state index is 12.7. The van der Waals surface area contributed by atoms with E-state index in [0.717, 1.165) is 32.8 Å². The highest BCUT2D eigenvalue weighted by atomic mass is 32.1. The van der Waals surface area contributed by atoms with Crippen LogP contribution in [0.2, 0.25) is 0 Å². The van der Waals surface area contributed by atoms with Gasteiger partial charge in [-0.05, 0) is 62.1 Å². The summed E-state index contributed by atoms with van der Waals surface area (Å²) in [5.74, 6) is 1.66. The van der Waals surface area contributed by atoms with Crippen molar-refractivity contribution in [1.29, 1.82) is 0 Å². The fourth-order valence-corrected chi connectivity index (χ4v) is 5.81. The fourth-order valence-electron chi connectivity index (χ4n) is 4.97. The van der Waals surface area contributed by atoms with Crippen molar-refractivity contribution < 1.29 is 19.4 Å². The largest absolute Gasteiger partial charge is 0.504 e. The summed E-state index contributed by atoms with van der Waals surface area (Å²) in [6.07, 6.45) is 6.04. The van der Waals surface area contributed by atoms with Crippen molar-refractivity contribution in [1.82, 2.24) is 0 Å². The van der Waals surface area contributed by atoms with Crippen molar-refractivity contribution >= 4 is 40.2 Å². The number of rotatable bonds is 5. The minimum Gasteiger partial charge on any atom is -0.504 e. The standard InChI is InChI=1S/C29H27NO4S/c1-6-7-20(31)17-12-13-35-24(17)14-23-26-18(27-22(34-23)11-10-21(32)28(27)33-5)8-9-19-25(26)16(2)15-29(3,4)30-19/h6,8-15,30,32H,1,7H2,2-5H3/b23-14-. The molecule has 0 unspecified atom stereocenters. The summed E-state index contributed by atoms with van der Waals surface area (Å²) in [5.41, 5.74) is 6.09. The fraction of sp³-hybridized carbons (Fsp3) is 0.207. The van der Waals surface area contributed by atoms with Crippen LogP contribution in [0.15, 0.2) is 54.4 Å². The van der Waals surface area contributed by atoms with Gasteiger partial charge in [0, 0.05) is 39.2 Å². The van der Waals surface area contributed by atoms with E-state index in [9.17, 15) is 9.90 Å². The molecule has 178 valence electrons. The third-order valence-corrected chi connectivity index (χ3v) is 7.12. The number of ether oxygens (including phenoxy) is 2. The summed E-state index contributed by atoms with van der Waals surface area (Å²) in [7, 11) is 1.54. The van der Waals surface area contributed by atoms with Gasteiger partial charge in [-0.2, -0.15) is 0 Å². The number of methoxy groups -OCH3 is 1. The van der Waals surface area contributed by atoms with Crippen LogP contribution in [0.3, 0.4) is 0 Å². The second-order valence-electron chi connectivity index (χ2n) is 9.30. The Morgan fingerprint density at radius 3 is 2.74 bits per heavy atom. The number of thiophene rings is 1. The van der Waals surface area contributed by atoms with Crippen LogP contribution >= 0.6 is 11.3 Å². The van der Waals surface area contributed by atoms with Crippen molar-refractivity contribution in [2.75, 3.05) is 12.4 Å². The molecular weight excluding hydrogens is 458 g/mol. The van der Waals surface area contributed by atoms with Crippen molar-refractivity contribution in [3.05, 3.63) is 76.0 Å². The van der Waals surface area contributed by atoms with Crippen LogP contribution < -0.4 is 14.8 Å². The predicted octanol–water partition coefficient (Wildman–Crippen LogP) is 7.39. The second-order valence-corrected chi connectivity index (χ2v) is 10.2. The monoisotopic (exact) mass is 485 g/mol. The zero-order chi connectivity index (χ0) is 24.9. The Hall–Kier alpha value is -3.77. The molecule has 0 saturated heterocycles. The number of nitrogens with one attached hydrogen (secondary N) is 1. The van der Waals surface area contributed by atoms with E-state index in [1.165, 1.54) is 18.4 Å². The average Bonchev–Trinajstić information content (AvgIpc) is 3.26. The molecule has 35 heavy (non-hydrogen) atoms. The predicted molar refractivity (Wildman–Crippen MR) is 143 cm³/mol. The quantitative estimate of drug-likeness (QED) is 0.291. The smallest absolute Gasteiger partial charge is 0.172 e. The molecule has 0 amide bonds. The number of allylic oxidation sites excluding steroid dienone is 2. The van der Waals surface area contributed by atoms with E-state index in [1.807, 2.05) is 23.6 Å². The lowest BCUT2D eigenvalue weighted by Gasteiger charge is -2.35. The number of fused-ring (bicyclic) bond motifs is 5. The van der Waals surface area contributed by atoms with Crippen LogP contribution in [0.1, 0.15) is 53.6 Å². The van der Waals surface area contributed by atoms with Crippen LogP contribution in [-0.4, -0.2) is 23.5 Å². The first kappa shape index (κ1) is 23.0. The number of benzene rings is 2. The van der Waals surface area contributed by atoms with E-state index >= 15 is 0 Å². The molecule has 0 aliphatic carbocycles. The van der Waals surface area contributed by atoms with E-state index in [4.69, 9.17) is 9.47 Å². The summed E-state index contributed by atoms with van der Waals surface area (Å²) < 4.78 is 12.1. The lowest BCUT2D eigenvalue weighted by molar-refractivity contribution is 0.0996.